The highest BCUT2D eigenvalue weighted by atomic mass is 16.4. The predicted octanol–water partition coefficient (Wildman–Crippen LogP) is 3.12. The van der Waals surface area contributed by atoms with Crippen LogP contribution in [-0.4, -0.2) is 39.1 Å². The molecular formula is C23H26N2O5. The van der Waals surface area contributed by atoms with Gasteiger partial charge in [-0.25, -0.2) is 4.79 Å². The molecule has 2 aromatic rings. The summed E-state index contributed by atoms with van der Waals surface area (Å²) < 4.78 is 0. The van der Waals surface area contributed by atoms with Gasteiger partial charge in [-0.2, -0.15) is 0 Å². The lowest BCUT2D eigenvalue weighted by Gasteiger charge is -2.55. The number of hydrogen-bond donors (Lipinski definition) is 4. The Morgan fingerprint density at radius 2 is 1.57 bits per heavy atom. The zero-order valence-electron chi connectivity index (χ0n) is 16.6. The minimum Gasteiger partial charge on any atom is -0.481 e. The van der Waals surface area contributed by atoms with E-state index in [4.69, 9.17) is 0 Å². The van der Waals surface area contributed by atoms with Gasteiger partial charge in [0.25, 0.3) is 0 Å². The number of rotatable bonds is 6. The average Bonchev–Trinajstić information content (AvgIpc) is 3.10. The molecule has 1 amide bonds. The smallest absolute Gasteiger partial charge is 0.327 e. The van der Waals surface area contributed by atoms with E-state index in [1.165, 1.54) is 25.5 Å². The lowest BCUT2D eigenvalue weighted by atomic mass is 9.49. The number of aromatic amines is 1. The summed E-state index contributed by atoms with van der Waals surface area (Å²) in [4.78, 5) is 40.7. The Bertz CT molecular complexity index is 990. The Morgan fingerprint density at radius 3 is 2.13 bits per heavy atom. The monoisotopic (exact) mass is 410 g/mol. The van der Waals surface area contributed by atoms with E-state index in [0.717, 1.165) is 24.8 Å². The van der Waals surface area contributed by atoms with Gasteiger partial charge in [0.1, 0.15) is 12.0 Å². The van der Waals surface area contributed by atoms with Crippen LogP contribution in [0.15, 0.2) is 30.5 Å². The fraction of sp³-hybridized carbons (Fsp3) is 0.522. The van der Waals surface area contributed by atoms with Crippen molar-refractivity contribution in [1.82, 2.24) is 10.3 Å². The minimum atomic E-state index is -1.53. The van der Waals surface area contributed by atoms with Gasteiger partial charge in [0, 0.05) is 22.5 Å². The van der Waals surface area contributed by atoms with Crippen LogP contribution in [0.3, 0.4) is 0 Å². The molecule has 7 nitrogen and oxygen atoms in total. The number of carbonyl (C=O) groups excluding carboxylic acids is 1. The molecule has 0 radical (unpaired) electrons. The number of carboxylic acid groups (broad SMARTS) is 2. The number of hydrogen-bond acceptors (Lipinski definition) is 3. The van der Waals surface area contributed by atoms with Gasteiger partial charge in [0.2, 0.25) is 5.91 Å². The van der Waals surface area contributed by atoms with E-state index in [1.54, 1.807) is 12.1 Å². The molecule has 2 atom stereocenters. The van der Waals surface area contributed by atoms with Crippen molar-refractivity contribution in [1.29, 1.82) is 0 Å². The Labute approximate surface area is 173 Å². The molecule has 4 aliphatic rings. The van der Waals surface area contributed by atoms with Crippen molar-refractivity contribution in [3.63, 3.8) is 0 Å². The van der Waals surface area contributed by atoms with Crippen molar-refractivity contribution < 1.29 is 24.6 Å². The first-order valence-corrected chi connectivity index (χ1v) is 10.7. The number of fused-ring (bicyclic) bond motifs is 1. The highest BCUT2D eigenvalue weighted by molar-refractivity contribution is 5.96. The van der Waals surface area contributed by atoms with Gasteiger partial charge >= 0.3 is 11.9 Å². The Balaban J connectivity index is 1.46. The first kappa shape index (κ1) is 19.2. The quantitative estimate of drug-likeness (QED) is 0.583. The summed E-state index contributed by atoms with van der Waals surface area (Å²) in [7, 11) is 0. The maximum absolute atomic E-state index is 13.4. The van der Waals surface area contributed by atoms with E-state index in [9.17, 15) is 24.6 Å². The number of nitrogens with one attached hydrogen (secondary N) is 2. The van der Waals surface area contributed by atoms with Gasteiger partial charge in [-0.05, 0) is 67.9 Å². The SMILES string of the molecule is O=C(O)C(NC(=O)C12CC3CC(CC(C3)C1)C2)C(C(=O)O)c1c[nH]c2ccccc12. The Kier molecular flexibility index (Phi) is 4.38. The highest BCUT2D eigenvalue weighted by Crippen LogP contribution is 2.60. The highest BCUT2D eigenvalue weighted by Gasteiger charge is 2.55. The molecule has 7 heteroatoms. The number of carboxylic acids is 2. The van der Waals surface area contributed by atoms with Crippen LogP contribution in [-0.2, 0) is 14.4 Å². The average molecular weight is 410 g/mol. The molecule has 158 valence electrons. The summed E-state index contributed by atoms with van der Waals surface area (Å²) in [6, 6.07) is 5.64. The number of para-hydroxylation sites is 1. The summed E-state index contributed by atoms with van der Waals surface area (Å²) in [5, 5.41) is 23.2. The van der Waals surface area contributed by atoms with Gasteiger partial charge in [-0.15, -0.1) is 0 Å². The van der Waals surface area contributed by atoms with Crippen LogP contribution in [0.5, 0.6) is 0 Å². The zero-order valence-corrected chi connectivity index (χ0v) is 16.6. The summed E-state index contributed by atoms with van der Waals surface area (Å²) in [6.45, 7) is 0. The predicted molar refractivity (Wildman–Crippen MR) is 109 cm³/mol. The molecule has 4 saturated carbocycles. The van der Waals surface area contributed by atoms with E-state index in [2.05, 4.69) is 10.3 Å². The molecule has 1 heterocycles. The second-order valence-electron chi connectivity index (χ2n) is 9.59. The van der Waals surface area contributed by atoms with E-state index in [-0.39, 0.29) is 5.91 Å². The number of aliphatic carboxylic acids is 2. The molecule has 4 N–H and O–H groups in total. The molecule has 2 unspecified atom stereocenters. The molecule has 4 bridgehead atoms. The fourth-order valence-corrected chi connectivity index (χ4v) is 6.78. The third-order valence-corrected chi connectivity index (χ3v) is 7.63. The Morgan fingerprint density at radius 1 is 0.967 bits per heavy atom. The number of amides is 1. The zero-order chi connectivity index (χ0) is 21.0. The van der Waals surface area contributed by atoms with Gasteiger partial charge in [0.05, 0.1) is 0 Å². The third kappa shape index (κ3) is 2.99. The molecule has 4 aliphatic carbocycles. The van der Waals surface area contributed by atoms with Crippen LogP contribution in [0.2, 0.25) is 0 Å². The first-order chi connectivity index (χ1) is 14.4. The number of H-pyrrole nitrogens is 1. The molecule has 6 rings (SSSR count). The molecule has 0 saturated heterocycles. The van der Waals surface area contributed by atoms with E-state index in [1.807, 2.05) is 12.1 Å². The van der Waals surface area contributed by atoms with Gasteiger partial charge in [-0.1, -0.05) is 18.2 Å². The molecule has 0 spiro atoms. The fourth-order valence-electron chi connectivity index (χ4n) is 6.78. The van der Waals surface area contributed by atoms with Crippen LogP contribution in [0.1, 0.15) is 50.0 Å². The molecule has 30 heavy (non-hydrogen) atoms. The maximum Gasteiger partial charge on any atom is 0.327 e. The van der Waals surface area contributed by atoms with Crippen molar-refractivity contribution in [3.05, 3.63) is 36.0 Å². The molecule has 4 fully saturated rings. The minimum absolute atomic E-state index is 0.278. The van der Waals surface area contributed by atoms with Crippen molar-refractivity contribution >= 4 is 28.7 Å². The van der Waals surface area contributed by atoms with Gasteiger partial charge in [-0.3, -0.25) is 9.59 Å². The molecule has 0 aliphatic heterocycles. The first-order valence-electron chi connectivity index (χ1n) is 10.7. The second-order valence-corrected chi connectivity index (χ2v) is 9.59. The van der Waals surface area contributed by atoms with Crippen molar-refractivity contribution in [2.24, 2.45) is 23.2 Å². The summed E-state index contributed by atoms with van der Waals surface area (Å²) in [5.74, 6) is -2.64. The van der Waals surface area contributed by atoms with Crippen molar-refractivity contribution in [2.75, 3.05) is 0 Å². The van der Waals surface area contributed by atoms with Crippen molar-refractivity contribution in [2.45, 2.75) is 50.5 Å². The van der Waals surface area contributed by atoms with Crippen LogP contribution < -0.4 is 5.32 Å². The van der Waals surface area contributed by atoms with Crippen LogP contribution in [0.25, 0.3) is 10.9 Å². The standard InChI is InChI=1S/C23H26N2O5/c26-20(27)18(16-11-24-17-4-2-1-3-15(16)17)19(21(28)29)25-22(30)23-8-12-5-13(9-23)7-14(6-12)10-23/h1-4,11-14,18-19,24H,5-10H2,(H,25,30)(H,26,27)(H,28,29). The van der Waals surface area contributed by atoms with Gasteiger partial charge in [0.15, 0.2) is 0 Å². The lowest BCUT2D eigenvalue weighted by Crippen LogP contribution is -2.57. The molecule has 1 aromatic heterocycles. The van der Waals surface area contributed by atoms with E-state index < -0.39 is 29.3 Å². The Hall–Kier alpha value is -2.83. The summed E-state index contributed by atoms with van der Waals surface area (Å²) in [6.07, 6.45) is 7.42. The second kappa shape index (κ2) is 6.86. The van der Waals surface area contributed by atoms with E-state index >= 15 is 0 Å². The van der Waals surface area contributed by atoms with Crippen LogP contribution in [0.4, 0.5) is 0 Å². The largest absolute Gasteiger partial charge is 0.481 e. The van der Waals surface area contributed by atoms with Gasteiger partial charge < -0.3 is 20.5 Å². The molecule has 1 aromatic carbocycles. The lowest BCUT2D eigenvalue weighted by molar-refractivity contribution is -0.154. The number of benzene rings is 1. The summed E-state index contributed by atoms with van der Waals surface area (Å²) >= 11 is 0. The molecular weight excluding hydrogens is 384 g/mol. The summed E-state index contributed by atoms with van der Waals surface area (Å²) in [5.41, 5.74) is 0.567. The van der Waals surface area contributed by atoms with Crippen molar-refractivity contribution in [3.8, 4) is 0 Å². The third-order valence-electron chi connectivity index (χ3n) is 7.63. The normalized spacial score (nSPS) is 31.4. The topological polar surface area (TPSA) is 119 Å². The van der Waals surface area contributed by atoms with Crippen LogP contribution in [0, 0.1) is 23.2 Å². The van der Waals surface area contributed by atoms with Crippen LogP contribution >= 0.6 is 0 Å². The number of carbonyl (C=O) groups is 3. The maximum atomic E-state index is 13.4. The number of aromatic nitrogens is 1. The van der Waals surface area contributed by atoms with E-state index in [0.29, 0.717) is 28.7 Å².